The van der Waals surface area contributed by atoms with E-state index in [1.54, 1.807) is 0 Å². The van der Waals surface area contributed by atoms with Crippen LogP contribution in [0.3, 0.4) is 0 Å². The van der Waals surface area contributed by atoms with E-state index < -0.39 is 0 Å². The van der Waals surface area contributed by atoms with Gasteiger partial charge in [-0.3, -0.25) is 0 Å². The molecule has 1 nitrogen and oxygen atoms in total. The molecule has 0 fully saturated rings. The van der Waals surface area contributed by atoms with Crippen molar-refractivity contribution in [2.45, 2.75) is 0 Å². The third-order valence-electron chi connectivity index (χ3n) is 3.26. The van der Waals surface area contributed by atoms with E-state index in [1.165, 1.54) is 5.56 Å². The Balaban J connectivity index is 1.94. The Kier molecular flexibility index (Phi) is 3.31. The molecule has 0 aromatic heterocycles. The van der Waals surface area contributed by atoms with Gasteiger partial charge in [-0.2, -0.15) is 5.26 Å². The average Bonchev–Trinajstić information content (AvgIpc) is 2.53. The second-order valence-electron chi connectivity index (χ2n) is 4.68. The SMILES string of the molecule is N#Cc1ccc2cc(C=Cc3ccccc3)ccc2c1. The summed E-state index contributed by atoms with van der Waals surface area (Å²) in [7, 11) is 0. The molecule has 0 unspecified atom stereocenters. The molecule has 0 amide bonds. The molecule has 94 valence electrons. The van der Waals surface area contributed by atoms with Crippen molar-refractivity contribution < 1.29 is 0 Å². The smallest absolute Gasteiger partial charge is 0.0991 e. The number of nitriles is 1. The molecule has 0 aliphatic carbocycles. The second-order valence-corrected chi connectivity index (χ2v) is 4.68. The molecule has 3 aromatic carbocycles. The topological polar surface area (TPSA) is 23.8 Å². The van der Waals surface area contributed by atoms with Gasteiger partial charge in [-0.25, -0.2) is 0 Å². The fourth-order valence-corrected chi connectivity index (χ4v) is 2.19. The van der Waals surface area contributed by atoms with E-state index in [0.29, 0.717) is 5.56 Å². The lowest BCUT2D eigenvalue weighted by molar-refractivity contribution is 1.50. The molecule has 20 heavy (non-hydrogen) atoms. The molecule has 3 rings (SSSR count). The molecular weight excluding hydrogens is 242 g/mol. The van der Waals surface area contributed by atoms with Gasteiger partial charge in [0.1, 0.15) is 0 Å². The first-order chi connectivity index (χ1) is 9.85. The largest absolute Gasteiger partial charge is 0.192 e. The van der Waals surface area contributed by atoms with Crippen LogP contribution in [-0.4, -0.2) is 0 Å². The summed E-state index contributed by atoms with van der Waals surface area (Å²) in [6.07, 6.45) is 4.21. The summed E-state index contributed by atoms with van der Waals surface area (Å²) in [6, 6.07) is 24.4. The van der Waals surface area contributed by atoms with E-state index in [1.807, 2.05) is 36.4 Å². The zero-order valence-electron chi connectivity index (χ0n) is 11.0. The summed E-state index contributed by atoms with van der Waals surface area (Å²) < 4.78 is 0. The van der Waals surface area contributed by atoms with Crippen molar-refractivity contribution in [3.63, 3.8) is 0 Å². The first kappa shape index (κ1) is 12.2. The lowest BCUT2D eigenvalue weighted by atomic mass is 10.0. The minimum atomic E-state index is 0.699. The maximum Gasteiger partial charge on any atom is 0.0991 e. The number of hydrogen-bond acceptors (Lipinski definition) is 1. The summed E-state index contributed by atoms with van der Waals surface area (Å²) in [6.45, 7) is 0. The van der Waals surface area contributed by atoms with E-state index in [4.69, 9.17) is 5.26 Å². The predicted octanol–water partition coefficient (Wildman–Crippen LogP) is 4.88. The van der Waals surface area contributed by atoms with Crippen LogP contribution in [-0.2, 0) is 0 Å². The van der Waals surface area contributed by atoms with Crippen LogP contribution in [0.25, 0.3) is 22.9 Å². The summed E-state index contributed by atoms with van der Waals surface area (Å²) in [5, 5.41) is 11.2. The number of benzene rings is 3. The monoisotopic (exact) mass is 255 g/mol. The van der Waals surface area contributed by atoms with Gasteiger partial charge in [0.2, 0.25) is 0 Å². The predicted molar refractivity (Wildman–Crippen MR) is 84.0 cm³/mol. The molecule has 0 spiro atoms. The maximum absolute atomic E-state index is 8.90. The van der Waals surface area contributed by atoms with Crippen LogP contribution in [0.15, 0.2) is 66.7 Å². The quantitative estimate of drug-likeness (QED) is 0.598. The van der Waals surface area contributed by atoms with Gasteiger partial charge in [0.25, 0.3) is 0 Å². The van der Waals surface area contributed by atoms with Gasteiger partial charge in [0.05, 0.1) is 11.6 Å². The van der Waals surface area contributed by atoms with E-state index in [9.17, 15) is 0 Å². The van der Waals surface area contributed by atoms with Gasteiger partial charge >= 0.3 is 0 Å². The van der Waals surface area contributed by atoms with E-state index in [-0.39, 0.29) is 0 Å². The standard InChI is InChI=1S/C19H13N/c20-14-17-9-11-18-12-16(8-10-19(18)13-17)7-6-15-4-2-1-3-5-15/h1-13H. The van der Waals surface area contributed by atoms with E-state index in [0.717, 1.165) is 16.3 Å². The van der Waals surface area contributed by atoms with Crippen molar-refractivity contribution in [3.8, 4) is 6.07 Å². The van der Waals surface area contributed by atoms with Crippen molar-refractivity contribution in [3.05, 3.63) is 83.4 Å². The normalized spacial score (nSPS) is 10.8. The maximum atomic E-state index is 8.90. The Morgan fingerprint density at radius 2 is 1.40 bits per heavy atom. The number of fused-ring (bicyclic) bond motifs is 1. The van der Waals surface area contributed by atoms with E-state index in [2.05, 4.69) is 48.6 Å². The van der Waals surface area contributed by atoms with Gasteiger partial charge in [0.15, 0.2) is 0 Å². The van der Waals surface area contributed by atoms with Gasteiger partial charge in [-0.15, -0.1) is 0 Å². The summed E-state index contributed by atoms with van der Waals surface area (Å²) >= 11 is 0. The van der Waals surface area contributed by atoms with Crippen molar-refractivity contribution in [1.29, 1.82) is 5.26 Å². The number of hydrogen-bond donors (Lipinski definition) is 0. The Morgan fingerprint density at radius 3 is 2.20 bits per heavy atom. The zero-order chi connectivity index (χ0) is 13.8. The highest BCUT2D eigenvalue weighted by molar-refractivity contribution is 5.87. The summed E-state index contributed by atoms with van der Waals surface area (Å²) in [5.41, 5.74) is 3.04. The average molecular weight is 255 g/mol. The first-order valence-electron chi connectivity index (χ1n) is 6.52. The van der Waals surface area contributed by atoms with Gasteiger partial charge in [-0.1, -0.05) is 60.7 Å². The third-order valence-corrected chi connectivity index (χ3v) is 3.26. The Labute approximate surface area is 118 Å². The molecule has 0 aliphatic heterocycles. The number of rotatable bonds is 2. The molecule has 0 atom stereocenters. The molecular formula is C19H13N. The van der Waals surface area contributed by atoms with Crippen molar-refractivity contribution >= 4 is 22.9 Å². The molecule has 0 N–H and O–H groups in total. The fourth-order valence-electron chi connectivity index (χ4n) is 2.19. The lowest BCUT2D eigenvalue weighted by Crippen LogP contribution is -1.78. The first-order valence-corrected chi connectivity index (χ1v) is 6.52. The molecule has 0 saturated heterocycles. The number of nitrogens with zero attached hydrogens (tertiary/aromatic N) is 1. The fraction of sp³-hybridized carbons (Fsp3) is 0. The van der Waals surface area contributed by atoms with Gasteiger partial charge in [0, 0.05) is 0 Å². The van der Waals surface area contributed by atoms with Crippen LogP contribution < -0.4 is 0 Å². The van der Waals surface area contributed by atoms with Crippen LogP contribution >= 0.6 is 0 Å². The summed E-state index contributed by atoms with van der Waals surface area (Å²) in [4.78, 5) is 0. The molecule has 0 radical (unpaired) electrons. The molecule has 0 bridgehead atoms. The Hall–Kier alpha value is -2.85. The Morgan fingerprint density at radius 1 is 0.700 bits per heavy atom. The minimum absolute atomic E-state index is 0.699. The highest BCUT2D eigenvalue weighted by Gasteiger charge is 1.96. The van der Waals surface area contributed by atoms with Crippen LogP contribution in [0.4, 0.5) is 0 Å². The third kappa shape index (κ3) is 2.60. The molecule has 1 heteroatoms. The molecule has 0 heterocycles. The summed E-state index contributed by atoms with van der Waals surface area (Å²) in [5.74, 6) is 0. The van der Waals surface area contributed by atoms with Crippen molar-refractivity contribution in [2.75, 3.05) is 0 Å². The van der Waals surface area contributed by atoms with Crippen LogP contribution in [0.2, 0.25) is 0 Å². The van der Waals surface area contributed by atoms with E-state index >= 15 is 0 Å². The molecule has 0 aliphatic rings. The van der Waals surface area contributed by atoms with Crippen LogP contribution in [0.1, 0.15) is 16.7 Å². The highest BCUT2D eigenvalue weighted by Crippen LogP contribution is 2.19. The van der Waals surface area contributed by atoms with Crippen LogP contribution in [0.5, 0.6) is 0 Å². The second kappa shape index (κ2) is 5.42. The molecule has 0 saturated carbocycles. The van der Waals surface area contributed by atoms with Crippen molar-refractivity contribution in [2.24, 2.45) is 0 Å². The lowest BCUT2D eigenvalue weighted by Gasteiger charge is -2.00. The van der Waals surface area contributed by atoms with Gasteiger partial charge < -0.3 is 0 Å². The van der Waals surface area contributed by atoms with Crippen molar-refractivity contribution in [1.82, 2.24) is 0 Å². The Bertz CT molecular complexity index is 808. The zero-order valence-corrected chi connectivity index (χ0v) is 11.0. The molecule has 3 aromatic rings. The minimum Gasteiger partial charge on any atom is -0.192 e. The highest BCUT2D eigenvalue weighted by atomic mass is 14.2. The van der Waals surface area contributed by atoms with Gasteiger partial charge in [-0.05, 0) is 40.1 Å². The van der Waals surface area contributed by atoms with Crippen LogP contribution in [0, 0.1) is 11.3 Å².